The monoisotopic (exact) mass is 416 g/mol. The largest absolute Gasteiger partial charge is 0.363 e. The Hall–Kier alpha value is -1.99. The van der Waals surface area contributed by atoms with Crippen molar-refractivity contribution < 1.29 is 0 Å². The highest BCUT2D eigenvalue weighted by Crippen LogP contribution is 2.36. The fraction of sp³-hybridized carbons (Fsp3) is 0.450. The number of halogens is 1. The fourth-order valence-electron chi connectivity index (χ4n) is 4.24. The second-order valence-corrected chi connectivity index (χ2v) is 7.59. The number of fused-ring (bicyclic) bond motifs is 2. The first-order valence-electron chi connectivity index (χ1n) is 9.63. The maximum atomic E-state index is 6.29. The molecule has 5 heterocycles. The molecule has 0 aliphatic carbocycles. The Morgan fingerprint density at radius 1 is 1.21 bits per heavy atom. The maximum absolute atomic E-state index is 6.29. The summed E-state index contributed by atoms with van der Waals surface area (Å²) in [5.74, 6) is 1.11. The van der Waals surface area contributed by atoms with Gasteiger partial charge in [-0.3, -0.25) is 0 Å². The van der Waals surface area contributed by atoms with E-state index in [0.717, 1.165) is 48.6 Å². The van der Waals surface area contributed by atoms with E-state index in [1.165, 1.54) is 24.1 Å². The molecule has 1 unspecified atom stereocenters. The van der Waals surface area contributed by atoms with Crippen LogP contribution in [0, 0.1) is 0 Å². The number of nitrogens with zero attached hydrogens (tertiary/aromatic N) is 5. The van der Waals surface area contributed by atoms with Gasteiger partial charge in [0.1, 0.15) is 22.9 Å². The van der Waals surface area contributed by atoms with E-state index >= 15 is 0 Å². The van der Waals surface area contributed by atoms with Gasteiger partial charge in [0.25, 0.3) is 0 Å². The average molecular weight is 417 g/mol. The summed E-state index contributed by atoms with van der Waals surface area (Å²) in [4.78, 5) is 21.6. The lowest BCUT2D eigenvalue weighted by Crippen LogP contribution is -2.40. The van der Waals surface area contributed by atoms with Gasteiger partial charge in [-0.2, -0.15) is 12.6 Å². The van der Waals surface area contributed by atoms with Crippen LogP contribution in [0.2, 0.25) is 5.15 Å². The van der Waals surface area contributed by atoms with Crippen molar-refractivity contribution in [1.82, 2.24) is 19.9 Å². The van der Waals surface area contributed by atoms with Gasteiger partial charge >= 0.3 is 0 Å². The van der Waals surface area contributed by atoms with E-state index in [9.17, 15) is 0 Å². The number of hydrogen-bond donors (Lipinski definition) is 2. The molecule has 3 aromatic rings. The molecule has 0 amide bonds. The van der Waals surface area contributed by atoms with E-state index in [0.29, 0.717) is 11.2 Å². The van der Waals surface area contributed by atoms with Crippen LogP contribution < -0.4 is 9.80 Å². The molecule has 148 valence electrons. The summed E-state index contributed by atoms with van der Waals surface area (Å²) in [7, 11) is 0. The highest BCUT2D eigenvalue weighted by molar-refractivity contribution is 7.79. The number of nitrogens with one attached hydrogen (secondary N) is 1. The van der Waals surface area contributed by atoms with Crippen LogP contribution in [-0.4, -0.2) is 45.3 Å². The van der Waals surface area contributed by atoms with E-state index < -0.39 is 0 Å². The number of anilines is 2. The molecule has 0 spiro atoms. The Kier molecular flexibility index (Phi) is 5.64. The van der Waals surface area contributed by atoms with Crippen molar-refractivity contribution in [3.63, 3.8) is 0 Å². The second-order valence-electron chi connectivity index (χ2n) is 7.20. The van der Waals surface area contributed by atoms with E-state index in [1.807, 2.05) is 12.3 Å². The van der Waals surface area contributed by atoms with Crippen LogP contribution in [0.3, 0.4) is 0 Å². The molecular formula is C20H25ClN6S. The van der Waals surface area contributed by atoms with Gasteiger partial charge in [0, 0.05) is 49.2 Å². The van der Waals surface area contributed by atoms with Crippen LogP contribution in [0.15, 0.2) is 24.7 Å². The molecule has 3 aromatic heterocycles. The molecule has 0 bridgehead atoms. The van der Waals surface area contributed by atoms with E-state index in [4.69, 9.17) is 11.6 Å². The molecule has 0 saturated carbocycles. The topological polar surface area (TPSA) is 60.9 Å². The molecule has 0 aromatic carbocycles. The lowest BCUT2D eigenvalue weighted by atomic mass is 9.98. The normalized spacial score (nSPS) is 18.8. The Bertz CT molecular complexity index is 968. The van der Waals surface area contributed by atoms with Crippen molar-refractivity contribution in [2.24, 2.45) is 0 Å². The summed E-state index contributed by atoms with van der Waals surface area (Å²) in [5.41, 5.74) is 4.38. The van der Waals surface area contributed by atoms with Crippen LogP contribution in [0.25, 0.3) is 11.0 Å². The molecule has 2 aliphatic rings. The van der Waals surface area contributed by atoms with Crippen LogP contribution in [0.1, 0.15) is 31.0 Å². The minimum atomic E-state index is 0.334. The Morgan fingerprint density at radius 2 is 2.00 bits per heavy atom. The van der Waals surface area contributed by atoms with Crippen LogP contribution in [-0.2, 0) is 13.0 Å². The van der Waals surface area contributed by atoms with Crippen molar-refractivity contribution in [2.45, 2.75) is 38.8 Å². The van der Waals surface area contributed by atoms with Gasteiger partial charge in [0.2, 0.25) is 0 Å². The molecule has 8 heteroatoms. The first-order chi connectivity index (χ1) is 13.7. The standard InChI is InChI=1S/C19H21ClN6.CH4S/c1-12-8-15-14(19(23-11-22-15)25-6-2-3-7-25)10-26(12)16-9-17(20)24-18-13(16)4-5-21-18;1-2/h4-5,9,11-12H,2-3,6-8,10H2,1H3,(H,21,24);2H,1H3. The molecule has 1 atom stereocenters. The van der Waals surface area contributed by atoms with Crippen molar-refractivity contribution >= 4 is 46.8 Å². The summed E-state index contributed by atoms with van der Waals surface area (Å²) < 4.78 is 0. The molecule has 6 nitrogen and oxygen atoms in total. The van der Waals surface area contributed by atoms with Crippen molar-refractivity contribution in [3.8, 4) is 0 Å². The SMILES string of the molecule is CC1Cc2ncnc(N3CCCC3)c2CN1c1cc(Cl)nc2[nH]ccc12.CS. The fourth-order valence-corrected chi connectivity index (χ4v) is 4.43. The van der Waals surface area contributed by atoms with Crippen molar-refractivity contribution in [1.29, 1.82) is 0 Å². The number of thiol groups is 1. The summed E-state index contributed by atoms with van der Waals surface area (Å²) in [6, 6.07) is 4.37. The number of aromatic nitrogens is 4. The third kappa shape index (κ3) is 3.42. The highest BCUT2D eigenvalue weighted by Gasteiger charge is 2.30. The number of aromatic amines is 1. The first kappa shape index (κ1) is 19.3. The van der Waals surface area contributed by atoms with Crippen molar-refractivity contribution in [2.75, 3.05) is 29.1 Å². The molecular weight excluding hydrogens is 392 g/mol. The number of hydrogen-bond acceptors (Lipinski definition) is 6. The second kappa shape index (κ2) is 8.17. The smallest absolute Gasteiger partial charge is 0.141 e. The van der Waals surface area contributed by atoms with Gasteiger partial charge < -0.3 is 14.8 Å². The molecule has 2 aliphatic heterocycles. The van der Waals surface area contributed by atoms with E-state index in [2.05, 4.69) is 55.4 Å². The van der Waals surface area contributed by atoms with Gasteiger partial charge in [-0.1, -0.05) is 11.6 Å². The third-order valence-corrected chi connectivity index (χ3v) is 5.75. The summed E-state index contributed by atoms with van der Waals surface area (Å²) >= 11 is 9.82. The molecule has 1 fully saturated rings. The predicted octanol–water partition coefficient (Wildman–Crippen LogP) is 4.10. The average Bonchev–Trinajstić information content (AvgIpc) is 3.40. The lowest BCUT2D eigenvalue weighted by molar-refractivity contribution is 0.579. The molecule has 0 radical (unpaired) electrons. The number of pyridine rings is 1. The van der Waals surface area contributed by atoms with Crippen LogP contribution in [0.4, 0.5) is 11.5 Å². The van der Waals surface area contributed by atoms with Gasteiger partial charge in [-0.25, -0.2) is 15.0 Å². The molecule has 1 saturated heterocycles. The summed E-state index contributed by atoms with van der Waals surface area (Å²) in [6.07, 6.45) is 8.72. The van der Waals surface area contributed by atoms with E-state index in [1.54, 1.807) is 12.6 Å². The van der Waals surface area contributed by atoms with Gasteiger partial charge in [-0.05, 0) is 38.2 Å². The minimum Gasteiger partial charge on any atom is -0.363 e. The summed E-state index contributed by atoms with van der Waals surface area (Å²) in [6.45, 7) is 5.21. The zero-order valence-electron chi connectivity index (χ0n) is 16.2. The van der Waals surface area contributed by atoms with Crippen LogP contribution in [0.5, 0.6) is 0 Å². The quantitative estimate of drug-likeness (QED) is 0.486. The Morgan fingerprint density at radius 3 is 2.79 bits per heavy atom. The molecule has 5 rings (SSSR count). The number of rotatable bonds is 2. The first-order valence-corrected chi connectivity index (χ1v) is 10.9. The predicted molar refractivity (Wildman–Crippen MR) is 119 cm³/mol. The molecule has 1 N–H and O–H groups in total. The maximum Gasteiger partial charge on any atom is 0.141 e. The minimum absolute atomic E-state index is 0.334. The zero-order chi connectivity index (χ0) is 19.7. The van der Waals surface area contributed by atoms with Gasteiger partial charge in [0.05, 0.1) is 11.4 Å². The Balaban J connectivity index is 0.000000932. The molecule has 28 heavy (non-hydrogen) atoms. The Labute approximate surface area is 175 Å². The highest BCUT2D eigenvalue weighted by atomic mass is 35.5. The third-order valence-electron chi connectivity index (χ3n) is 5.55. The van der Waals surface area contributed by atoms with Gasteiger partial charge in [-0.15, -0.1) is 0 Å². The lowest BCUT2D eigenvalue weighted by Gasteiger charge is -2.38. The van der Waals surface area contributed by atoms with Crippen LogP contribution >= 0.6 is 24.2 Å². The zero-order valence-corrected chi connectivity index (χ0v) is 17.8. The van der Waals surface area contributed by atoms with E-state index in [-0.39, 0.29) is 0 Å². The van der Waals surface area contributed by atoms with Crippen molar-refractivity contribution in [3.05, 3.63) is 41.1 Å². The summed E-state index contributed by atoms with van der Waals surface area (Å²) in [5, 5.41) is 1.61. The number of H-pyrrole nitrogens is 1. The van der Waals surface area contributed by atoms with Gasteiger partial charge in [0.15, 0.2) is 0 Å².